The first kappa shape index (κ1) is 15.9. The van der Waals surface area contributed by atoms with Crippen molar-refractivity contribution in [3.63, 3.8) is 0 Å². The summed E-state index contributed by atoms with van der Waals surface area (Å²) in [5, 5.41) is 30.6. The molecule has 0 saturated carbocycles. The Bertz CT molecular complexity index is 925. The van der Waals surface area contributed by atoms with Gasteiger partial charge in [-0.1, -0.05) is 44.2 Å². The summed E-state index contributed by atoms with van der Waals surface area (Å²) >= 11 is 0. The number of phenolic OH excluding ortho intramolecular Hbond substituents is 2. The molecule has 0 spiro atoms. The Morgan fingerprint density at radius 2 is 1.71 bits per heavy atom. The minimum atomic E-state index is -1.02. The molecule has 0 atom stereocenters. The van der Waals surface area contributed by atoms with Gasteiger partial charge in [0.25, 0.3) is 0 Å². The van der Waals surface area contributed by atoms with Crippen LogP contribution < -0.4 is 0 Å². The maximum absolute atomic E-state index is 11.8. The molecule has 3 aromatic rings. The topological polar surface area (TPSA) is 82.7 Å². The van der Waals surface area contributed by atoms with Crippen LogP contribution in [0.5, 0.6) is 11.5 Å². The third kappa shape index (κ3) is 2.48. The quantitative estimate of drug-likeness (QED) is 0.679. The number of carboxylic acids is 1. The zero-order chi connectivity index (χ0) is 17.4. The number of carbonyl (C=O) groups is 1. The molecular weight excluding hydrogens is 306 g/mol. The van der Waals surface area contributed by atoms with Crippen molar-refractivity contribution in [2.45, 2.75) is 26.3 Å². The van der Waals surface area contributed by atoms with Crippen LogP contribution in [0, 0.1) is 0 Å². The minimum Gasteiger partial charge on any atom is -0.508 e. The second-order valence-corrected chi connectivity index (χ2v) is 6.11. The fraction of sp³-hybridized carbons (Fsp3) is 0.211. The average molecular weight is 325 g/mol. The van der Waals surface area contributed by atoms with E-state index < -0.39 is 5.97 Å². The Kier molecular flexibility index (Phi) is 3.93. The van der Waals surface area contributed by atoms with Crippen LogP contribution in [-0.4, -0.2) is 25.9 Å². The molecule has 1 heterocycles. The second kappa shape index (κ2) is 5.92. The molecule has 5 nitrogen and oxygen atoms in total. The van der Waals surface area contributed by atoms with E-state index >= 15 is 0 Å². The SMILES string of the molecule is CC(C)c1c(C(=O)O)c2cccc(O)c2n1Cc1ccccc1O. The maximum Gasteiger partial charge on any atom is 0.338 e. The van der Waals surface area contributed by atoms with Crippen molar-refractivity contribution in [3.05, 3.63) is 59.3 Å². The number of aromatic carboxylic acids is 1. The lowest BCUT2D eigenvalue weighted by Gasteiger charge is -2.15. The highest BCUT2D eigenvalue weighted by atomic mass is 16.4. The Hall–Kier alpha value is -2.95. The third-order valence-corrected chi connectivity index (χ3v) is 4.18. The monoisotopic (exact) mass is 325 g/mol. The highest BCUT2D eigenvalue weighted by Crippen LogP contribution is 2.37. The predicted octanol–water partition coefficient (Wildman–Crippen LogP) is 3.92. The van der Waals surface area contributed by atoms with Crippen LogP contribution in [0.25, 0.3) is 10.9 Å². The van der Waals surface area contributed by atoms with Gasteiger partial charge >= 0.3 is 5.97 Å². The number of aromatic hydroxyl groups is 2. The number of rotatable bonds is 4. The molecule has 0 aliphatic rings. The van der Waals surface area contributed by atoms with E-state index in [1.807, 2.05) is 19.9 Å². The van der Waals surface area contributed by atoms with Crippen LogP contribution >= 0.6 is 0 Å². The van der Waals surface area contributed by atoms with Crippen LogP contribution in [0.4, 0.5) is 0 Å². The van der Waals surface area contributed by atoms with Crippen molar-refractivity contribution >= 4 is 16.9 Å². The number of nitrogens with zero attached hydrogens (tertiary/aromatic N) is 1. The molecule has 1 aromatic heterocycles. The summed E-state index contributed by atoms with van der Waals surface area (Å²) in [6, 6.07) is 11.8. The van der Waals surface area contributed by atoms with Crippen molar-refractivity contribution in [1.29, 1.82) is 0 Å². The second-order valence-electron chi connectivity index (χ2n) is 6.11. The Morgan fingerprint density at radius 3 is 2.33 bits per heavy atom. The van der Waals surface area contributed by atoms with Gasteiger partial charge in [0.15, 0.2) is 0 Å². The molecule has 2 aromatic carbocycles. The van der Waals surface area contributed by atoms with E-state index in [0.717, 1.165) is 0 Å². The van der Waals surface area contributed by atoms with Crippen molar-refractivity contribution in [3.8, 4) is 11.5 Å². The van der Waals surface area contributed by atoms with Gasteiger partial charge in [-0.25, -0.2) is 4.79 Å². The summed E-state index contributed by atoms with van der Waals surface area (Å²) in [4.78, 5) is 11.8. The molecule has 3 rings (SSSR count). The molecule has 0 radical (unpaired) electrons. The van der Waals surface area contributed by atoms with E-state index in [1.54, 1.807) is 41.0 Å². The van der Waals surface area contributed by atoms with Crippen molar-refractivity contribution in [1.82, 2.24) is 4.57 Å². The van der Waals surface area contributed by atoms with Crippen molar-refractivity contribution < 1.29 is 20.1 Å². The molecule has 0 unspecified atom stereocenters. The van der Waals surface area contributed by atoms with Gasteiger partial charge in [-0.3, -0.25) is 0 Å². The zero-order valence-electron chi connectivity index (χ0n) is 13.5. The van der Waals surface area contributed by atoms with Crippen LogP contribution in [0.3, 0.4) is 0 Å². The molecule has 24 heavy (non-hydrogen) atoms. The first-order valence-electron chi connectivity index (χ1n) is 7.76. The average Bonchev–Trinajstić information content (AvgIpc) is 2.85. The van der Waals surface area contributed by atoms with Gasteiger partial charge in [-0.15, -0.1) is 0 Å². The molecule has 0 bridgehead atoms. The van der Waals surface area contributed by atoms with Gasteiger partial charge in [-0.05, 0) is 18.1 Å². The smallest absolute Gasteiger partial charge is 0.338 e. The summed E-state index contributed by atoms with van der Waals surface area (Å²) in [5.74, 6) is -0.919. The van der Waals surface area contributed by atoms with Crippen LogP contribution in [0.2, 0.25) is 0 Å². The largest absolute Gasteiger partial charge is 0.508 e. The van der Waals surface area contributed by atoms with E-state index in [0.29, 0.717) is 22.2 Å². The fourth-order valence-electron chi connectivity index (χ4n) is 3.21. The predicted molar refractivity (Wildman–Crippen MR) is 91.9 cm³/mol. The number of phenols is 2. The highest BCUT2D eigenvalue weighted by molar-refractivity contribution is 6.06. The molecule has 0 saturated heterocycles. The highest BCUT2D eigenvalue weighted by Gasteiger charge is 2.26. The van der Waals surface area contributed by atoms with Crippen LogP contribution in [-0.2, 0) is 6.54 Å². The van der Waals surface area contributed by atoms with E-state index in [2.05, 4.69) is 0 Å². The lowest BCUT2D eigenvalue weighted by molar-refractivity contribution is 0.0697. The number of aromatic nitrogens is 1. The molecule has 0 fully saturated rings. The summed E-state index contributed by atoms with van der Waals surface area (Å²) < 4.78 is 1.79. The van der Waals surface area contributed by atoms with E-state index in [4.69, 9.17) is 0 Å². The first-order valence-corrected chi connectivity index (χ1v) is 7.76. The lowest BCUT2D eigenvalue weighted by atomic mass is 10.0. The lowest BCUT2D eigenvalue weighted by Crippen LogP contribution is -2.10. The van der Waals surface area contributed by atoms with E-state index in [9.17, 15) is 20.1 Å². The number of hydrogen-bond acceptors (Lipinski definition) is 3. The molecule has 0 amide bonds. The standard InChI is InChI=1S/C19H19NO4/c1-11(2)17-16(19(23)24)13-7-5-9-15(22)18(13)20(17)10-12-6-3-4-8-14(12)21/h3-9,11,21-22H,10H2,1-2H3,(H,23,24). The van der Waals surface area contributed by atoms with Gasteiger partial charge in [0.1, 0.15) is 11.5 Å². The van der Waals surface area contributed by atoms with Gasteiger partial charge < -0.3 is 19.9 Å². The van der Waals surface area contributed by atoms with Gasteiger partial charge in [-0.2, -0.15) is 0 Å². The van der Waals surface area contributed by atoms with E-state index in [1.165, 1.54) is 0 Å². The molecule has 0 aliphatic carbocycles. The Labute approximate surface area is 139 Å². The number of carboxylic acid groups (broad SMARTS) is 1. The summed E-state index contributed by atoms with van der Waals surface area (Å²) in [5.41, 5.74) is 1.96. The number of fused-ring (bicyclic) bond motifs is 1. The van der Waals surface area contributed by atoms with Gasteiger partial charge in [0.05, 0.1) is 17.6 Å². The van der Waals surface area contributed by atoms with Crippen molar-refractivity contribution in [2.24, 2.45) is 0 Å². The van der Waals surface area contributed by atoms with Gasteiger partial charge in [0, 0.05) is 16.6 Å². The first-order chi connectivity index (χ1) is 11.4. The molecular formula is C19H19NO4. The zero-order valence-corrected chi connectivity index (χ0v) is 13.5. The van der Waals surface area contributed by atoms with Crippen LogP contribution in [0.15, 0.2) is 42.5 Å². The molecule has 3 N–H and O–H groups in total. The molecule has 5 heteroatoms. The van der Waals surface area contributed by atoms with Crippen LogP contribution in [0.1, 0.15) is 41.4 Å². The maximum atomic E-state index is 11.8. The molecule has 0 aliphatic heterocycles. The fourth-order valence-corrected chi connectivity index (χ4v) is 3.21. The Balaban J connectivity index is 2.35. The number of para-hydroxylation sites is 2. The summed E-state index contributed by atoms with van der Waals surface area (Å²) in [6.07, 6.45) is 0. The third-order valence-electron chi connectivity index (χ3n) is 4.18. The normalized spacial score (nSPS) is 11.3. The summed E-state index contributed by atoms with van der Waals surface area (Å²) in [6.45, 7) is 4.11. The summed E-state index contributed by atoms with van der Waals surface area (Å²) in [7, 11) is 0. The Morgan fingerprint density at radius 1 is 1.04 bits per heavy atom. The molecule has 124 valence electrons. The van der Waals surface area contributed by atoms with Crippen molar-refractivity contribution in [2.75, 3.05) is 0 Å². The number of benzene rings is 2. The number of hydrogen-bond donors (Lipinski definition) is 3. The van der Waals surface area contributed by atoms with Gasteiger partial charge in [0.2, 0.25) is 0 Å². The van der Waals surface area contributed by atoms with E-state index in [-0.39, 0.29) is 29.5 Å². The minimum absolute atomic E-state index is 0.0253.